The minimum Gasteiger partial charge on any atom is -0.444 e. The molecule has 2 heterocycles. The van der Waals surface area contributed by atoms with E-state index in [4.69, 9.17) is 4.74 Å². The van der Waals surface area contributed by atoms with Gasteiger partial charge in [-0.05, 0) is 32.4 Å². The number of fused-ring (bicyclic) bond motifs is 1. The van der Waals surface area contributed by atoms with Gasteiger partial charge in [0.15, 0.2) is 0 Å². The third-order valence-electron chi connectivity index (χ3n) is 2.99. The van der Waals surface area contributed by atoms with Crippen molar-refractivity contribution < 1.29 is 22.7 Å². The maximum atomic E-state index is 12.6. The Labute approximate surface area is 120 Å². The highest BCUT2D eigenvalue weighted by molar-refractivity contribution is 5.68. The Kier molecular flexibility index (Phi) is 3.86. The van der Waals surface area contributed by atoms with Crippen LogP contribution >= 0.6 is 0 Å². The first kappa shape index (κ1) is 15.6. The molecule has 1 aliphatic rings. The Bertz CT molecular complexity index is 550. The van der Waals surface area contributed by atoms with E-state index in [2.05, 4.69) is 4.98 Å². The van der Waals surface area contributed by atoms with Gasteiger partial charge >= 0.3 is 12.3 Å². The van der Waals surface area contributed by atoms with Crippen molar-refractivity contribution in [1.29, 1.82) is 0 Å². The third-order valence-corrected chi connectivity index (χ3v) is 2.99. The summed E-state index contributed by atoms with van der Waals surface area (Å²) in [6.07, 6.45) is -4.62. The number of amides is 1. The lowest BCUT2D eigenvalue weighted by Crippen LogP contribution is -2.40. The van der Waals surface area contributed by atoms with Crippen LogP contribution in [0.25, 0.3) is 0 Å². The molecule has 0 bridgehead atoms. The van der Waals surface area contributed by atoms with Crippen molar-refractivity contribution >= 4 is 6.09 Å². The molecular weight excluding hydrogens is 285 g/mol. The Morgan fingerprint density at radius 1 is 1.29 bits per heavy atom. The summed E-state index contributed by atoms with van der Waals surface area (Å²) in [5.74, 6) is 0. The lowest BCUT2D eigenvalue weighted by Gasteiger charge is -2.31. The summed E-state index contributed by atoms with van der Waals surface area (Å²) in [5, 5.41) is 0. The maximum Gasteiger partial charge on any atom is 0.433 e. The fraction of sp³-hybridized carbons (Fsp3) is 0.571. The van der Waals surface area contributed by atoms with E-state index < -0.39 is 23.6 Å². The largest absolute Gasteiger partial charge is 0.444 e. The number of rotatable bonds is 0. The van der Waals surface area contributed by atoms with E-state index in [9.17, 15) is 18.0 Å². The molecule has 0 radical (unpaired) electrons. The zero-order valence-corrected chi connectivity index (χ0v) is 12.1. The lowest BCUT2D eigenvalue weighted by atomic mass is 10.1. The summed E-state index contributed by atoms with van der Waals surface area (Å²) < 4.78 is 43.1. The summed E-state index contributed by atoms with van der Waals surface area (Å²) in [6.45, 7) is 5.81. The van der Waals surface area contributed by atoms with E-state index >= 15 is 0 Å². The monoisotopic (exact) mass is 302 g/mol. The lowest BCUT2D eigenvalue weighted by molar-refractivity contribution is -0.141. The van der Waals surface area contributed by atoms with Crippen LogP contribution < -0.4 is 0 Å². The normalized spacial score (nSPS) is 15.6. The topological polar surface area (TPSA) is 42.4 Å². The number of halogens is 3. The molecule has 1 aromatic heterocycles. The van der Waals surface area contributed by atoms with Gasteiger partial charge in [-0.25, -0.2) is 9.78 Å². The first-order valence-electron chi connectivity index (χ1n) is 6.60. The van der Waals surface area contributed by atoms with Crippen LogP contribution in [0.15, 0.2) is 12.1 Å². The maximum absolute atomic E-state index is 12.6. The van der Waals surface area contributed by atoms with Crippen molar-refractivity contribution in [2.24, 2.45) is 0 Å². The van der Waals surface area contributed by atoms with E-state index in [0.29, 0.717) is 24.2 Å². The van der Waals surface area contributed by atoms with Crippen LogP contribution in [0.4, 0.5) is 18.0 Å². The molecule has 7 heteroatoms. The zero-order valence-electron chi connectivity index (χ0n) is 12.1. The van der Waals surface area contributed by atoms with Gasteiger partial charge in [0.2, 0.25) is 0 Å². The number of hydrogen-bond donors (Lipinski definition) is 0. The van der Waals surface area contributed by atoms with Crippen molar-refractivity contribution in [2.45, 2.75) is 45.5 Å². The second-order valence-electron chi connectivity index (χ2n) is 5.95. The molecule has 0 N–H and O–H groups in total. The fourth-order valence-electron chi connectivity index (χ4n) is 2.06. The van der Waals surface area contributed by atoms with E-state index in [1.807, 2.05) is 0 Å². The van der Waals surface area contributed by atoms with Gasteiger partial charge in [-0.15, -0.1) is 0 Å². The van der Waals surface area contributed by atoms with E-state index in [-0.39, 0.29) is 6.54 Å². The molecule has 2 rings (SSSR count). The van der Waals surface area contributed by atoms with Crippen molar-refractivity contribution in [3.63, 3.8) is 0 Å². The molecule has 0 aliphatic carbocycles. The first-order valence-corrected chi connectivity index (χ1v) is 6.60. The van der Waals surface area contributed by atoms with E-state index in [1.165, 1.54) is 11.0 Å². The van der Waals surface area contributed by atoms with Crippen molar-refractivity contribution in [3.8, 4) is 0 Å². The molecule has 1 amide bonds. The summed E-state index contributed by atoms with van der Waals surface area (Å²) in [6, 6.07) is 2.32. The molecule has 1 aromatic rings. The second kappa shape index (κ2) is 5.20. The smallest absolute Gasteiger partial charge is 0.433 e. The highest BCUT2D eigenvalue weighted by Crippen LogP contribution is 2.29. The van der Waals surface area contributed by atoms with Crippen LogP contribution in [0.2, 0.25) is 0 Å². The number of aromatic nitrogens is 1. The summed E-state index contributed by atoms with van der Waals surface area (Å²) in [5.41, 5.74) is -0.479. The van der Waals surface area contributed by atoms with Crippen LogP contribution in [0.5, 0.6) is 0 Å². The van der Waals surface area contributed by atoms with Gasteiger partial charge in [0.25, 0.3) is 0 Å². The quantitative estimate of drug-likeness (QED) is 0.737. The fourth-order valence-corrected chi connectivity index (χ4v) is 2.06. The molecule has 21 heavy (non-hydrogen) atoms. The van der Waals surface area contributed by atoms with Gasteiger partial charge in [0, 0.05) is 18.7 Å². The number of pyridine rings is 1. The molecule has 0 unspecified atom stereocenters. The molecule has 0 spiro atoms. The standard InChI is InChI=1S/C14H17F3N2O2/c1-13(2,3)21-12(20)19-7-6-10-9(8-19)4-5-11(18-10)14(15,16)17/h4-5H,6-8H2,1-3H3. The molecule has 4 nitrogen and oxygen atoms in total. The van der Waals surface area contributed by atoms with Gasteiger partial charge < -0.3 is 9.64 Å². The van der Waals surface area contributed by atoms with Crippen LogP contribution in [-0.2, 0) is 23.9 Å². The van der Waals surface area contributed by atoms with E-state index in [0.717, 1.165) is 6.07 Å². The summed E-state index contributed by atoms with van der Waals surface area (Å²) >= 11 is 0. The van der Waals surface area contributed by atoms with Crippen LogP contribution in [-0.4, -0.2) is 28.1 Å². The van der Waals surface area contributed by atoms with Gasteiger partial charge in [-0.3, -0.25) is 0 Å². The summed E-state index contributed by atoms with van der Waals surface area (Å²) in [4.78, 5) is 17.1. The van der Waals surface area contributed by atoms with Gasteiger partial charge in [0.05, 0.1) is 6.54 Å². The minimum atomic E-state index is -4.45. The Morgan fingerprint density at radius 2 is 1.95 bits per heavy atom. The van der Waals surface area contributed by atoms with Crippen molar-refractivity contribution in [3.05, 3.63) is 29.1 Å². The van der Waals surface area contributed by atoms with Gasteiger partial charge in [0.1, 0.15) is 11.3 Å². The molecule has 0 saturated carbocycles. The molecular formula is C14H17F3N2O2. The highest BCUT2D eigenvalue weighted by atomic mass is 19.4. The number of ether oxygens (including phenoxy) is 1. The predicted molar refractivity (Wildman–Crippen MR) is 69.6 cm³/mol. The number of carbonyl (C=O) groups excluding carboxylic acids is 1. The SMILES string of the molecule is CC(C)(C)OC(=O)N1CCc2nc(C(F)(F)F)ccc2C1. The molecule has 0 saturated heterocycles. The molecule has 116 valence electrons. The third kappa shape index (κ3) is 3.86. The molecule has 0 fully saturated rings. The number of nitrogens with zero attached hydrogens (tertiary/aromatic N) is 2. The zero-order chi connectivity index (χ0) is 15.8. The molecule has 1 aliphatic heterocycles. The average Bonchev–Trinajstić information content (AvgIpc) is 2.34. The van der Waals surface area contributed by atoms with Crippen LogP contribution in [0.1, 0.15) is 37.7 Å². The molecule has 0 atom stereocenters. The van der Waals surface area contributed by atoms with Crippen molar-refractivity contribution in [1.82, 2.24) is 9.88 Å². The van der Waals surface area contributed by atoms with Crippen LogP contribution in [0, 0.1) is 0 Å². The number of alkyl halides is 3. The van der Waals surface area contributed by atoms with Crippen molar-refractivity contribution in [2.75, 3.05) is 6.54 Å². The number of carbonyl (C=O) groups is 1. The Balaban J connectivity index is 2.13. The van der Waals surface area contributed by atoms with E-state index in [1.54, 1.807) is 20.8 Å². The average molecular weight is 302 g/mol. The summed E-state index contributed by atoms with van der Waals surface area (Å²) in [7, 11) is 0. The Hall–Kier alpha value is -1.79. The van der Waals surface area contributed by atoms with Gasteiger partial charge in [-0.1, -0.05) is 6.07 Å². The highest BCUT2D eigenvalue weighted by Gasteiger charge is 2.34. The van der Waals surface area contributed by atoms with Crippen LogP contribution in [0.3, 0.4) is 0 Å². The second-order valence-corrected chi connectivity index (χ2v) is 5.95. The first-order chi connectivity index (χ1) is 9.56. The Morgan fingerprint density at radius 3 is 2.52 bits per heavy atom. The predicted octanol–water partition coefficient (Wildman–Crippen LogP) is 3.39. The minimum absolute atomic E-state index is 0.218. The van der Waals surface area contributed by atoms with Gasteiger partial charge in [-0.2, -0.15) is 13.2 Å². The number of hydrogen-bond acceptors (Lipinski definition) is 3. The molecule has 0 aromatic carbocycles.